The van der Waals surface area contributed by atoms with Crippen molar-refractivity contribution >= 4 is 16.9 Å². The summed E-state index contributed by atoms with van der Waals surface area (Å²) in [7, 11) is 0. The summed E-state index contributed by atoms with van der Waals surface area (Å²) in [5, 5.41) is 13.8. The number of aliphatic carboxylic acids is 1. The Morgan fingerprint density at radius 1 is 1.30 bits per heavy atom. The van der Waals surface area contributed by atoms with Gasteiger partial charge in [-0.15, -0.1) is 0 Å². The smallest absolute Gasteiger partial charge is 0.303 e. The number of nitrogens with zero attached hydrogens (tertiary/aromatic N) is 3. The largest absolute Gasteiger partial charge is 0.481 e. The lowest BCUT2D eigenvalue weighted by Gasteiger charge is -2.09. The number of carbonyl (C=O) groups is 1. The Morgan fingerprint density at radius 2 is 2.13 bits per heavy atom. The van der Waals surface area contributed by atoms with E-state index in [2.05, 4.69) is 20.1 Å². The fourth-order valence-corrected chi connectivity index (χ4v) is 3.08. The third-order valence-corrected chi connectivity index (χ3v) is 4.46. The number of halogens is 1. The van der Waals surface area contributed by atoms with E-state index in [1.165, 1.54) is 12.3 Å². The zero-order valence-corrected chi connectivity index (χ0v) is 16.3. The van der Waals surface area contributed by atoms with E-state index in [1.54, 1.807) is 20.0 Å². The van der Waals surface area contributed by atoms with Crippen molar-refractivity contribution in [3.05, 3.63) is 48.0 Å². The molecule has 2 N–H and O–H groups in total. The highest BCUT2D eigenvalue weighted by Gasteiger charge is 2.16. The molecule has 0 atom stereocenters. The van der Waals surface area contributed by atoms with Crippen molar-refractivity contribution < 1.29 is 23.6 Å². The van der Waals surface area contributed by atoms with Crippen LogP contribution in [-0.4, -0.2) is 37.3 Å². The first-order valence-electron chi connectivity index (χ1n) is 9.39. The molecule has 0 spiro atoms. The number of H-pyrrole nitrogens is 1. The van der Waals surface area contributed by atoms with Gasteiger partial charge in [0.05, 0.1) is 11.7 Å². The molecule has 0 saturated heterocycles. The van der Waals surface area contributed by atoms with Gasteiger partial charge in [0.15, 0.2) is 5.82 Å². The van der Waals surface area contributed by atoms with Gasteiger partial charge in [-0.25, -0.2) is 9.37 Å². The number of benzene rings is 1. The van der Waals surface area contributed by atoms with Gasteiger partial charge in [0.1, 0.15) is 0 Å². The predicted molar refractivity (Wildman–Crippen MR) is 107 cm³/mol. The maximum absolute atomic E-state index is 14.2. The van der Waals surface area contributed by atoms with E-state index in [0.29, 0.717) is 23.4 Å². The van der Waals surface area contributed by atoms with E-state index in [4.69, 9.17) is 14.4 Å². The maximum Gasteiger partial charge on any atom is 0.303 e. The average Bonchev–Trinajstić information content (AvgIpc) is 3.34. The third kappa shape index (κ3) is 4.00. The van der Waals surface area contributed by atoms with E-state index in [0.717, 1.165) is 16.5 Å². The number of carboxylic acids is 1. The summed E-state index contributed by atoms with van der Waals surface area (Å²) < 4.78 is 24.8. The van der Waals surface area contributed by atoms with Crippen LogP contribution in [0, 0.1) is 5.82 Å². The minimum absolute atomic E-state index is 0.0640. The molecule has 0 amide bonds. The molecule has 3 heterocycles. The highest BCUT2D eigenvalue weighted by atomic mass is 19.1. The summed E-state index contributed by atoms with van der Waals surface area (Å²) in [4.78, 5) is 22.3. The minimum Gasteiger partial charge on any atom is -0.481 e. The second-order valence-electron chi connectivity index (χ2n) is 7.07. The highest BCUT2D eigenvalue weighted by molar-refractivity contribution is 5.87. The molecule has 4 rings (SSSR count). The van der Waals surface area contributed by atoms with Crippen molar-refractivity contribution in [3.63, 3.8) is 0 Å². The Morgan fingerprint density at radius 3 is 2.87 bits per heavy atom. The molecule has 0 saturated carbocycles. The zero-order chi connectivity index (χ0) is 21.3. The molecule has 4 aromatic rings. The molecule has 0 aliphatic carbocycles. The molecule has 9 heteroatoms. The fraction of sp³-hybridized carbons (Fsp3) is 0.238. The summed E-state index contributed by atoms with van der Waals surface area (Å²) in [6.45, 7) is 3.57. The van der Waals surface area contributed by atoms with E-state index in [1.807, 2.05) is 18.2 Å². The van der Waals surface area contributed by atoms with Crippen LogP contribution >= 0.6 is 0 Å². The van der Waals surface area contributed by atoms with Crippen LogP contribution in [0.2, 0.25) is 0 Å². The molecule has 0 aliphatic rings. The topological polar surface area (TPSA) is 114 Å². The van der Waals surface area contributed by atoms with E-state index < -0.39 is 11.8 Å². The van der Waals surface area contributed by atoms with E-state index >= 15 is 0 Å². The summed E-state index contributed by atoms with van der Waals surface area (Å²) in [6, 6.07) is 6.80. The number of aryl methyl sites for hydroxylation is 1. The molecule has 8 nitrogen and oxygen atoms in total. The number of ether oxygens (including phenoxy) is 1. The molecule has 3 aromatic heterocycles. The van der Waals surface area contributed by atoms with Crippen LogP contribution in [0.1, 0.15) is 25.8 Å². The van der Waals surface area contributed by atoms with Crippen LogP contribution in [0.3, 0.4) is 0 Å². The molecule has 0 unspecified atom stereocenters. The van der Waals surface area contributed by atoms with Crippen LogP contribution in [-0.2, 0) is 11.2 Å². The Hall–Kier alpha value is -3.75. The van der Waals surface area contributed by atoms with Gasteiger partial charge in [-0.05, 0) is 38.0 Å². The molecule has 154 valence electrons. The molecule has 1 aromatic carbocycles. The van der Waals surface area contributed by atoms with Crippen LogP contribution in [0.25, 0.3) is 33.7 Å². The minimum atomic E-state index is -0.838. The van der Waals surface area contributed by atoms with Gasteiger partial charge in [-0.3, -0.25) is 4.79 Å². The second kappa shape index (κ2) is 7.94. The summed E-state index contributed by atoms with van der Waals surface area (Å²) in [6.07, 6.45) is 3.53. The van der Waals surface area contributed by atoms with Crippen molar-refractivity contribution in [2.24, 2.45) is 0 Å². The van der Waals surface area contributed by atoms with Gasteiger partial charge in [0.25, 0.3) is 11.8 Å². The number of rotatable bonds is 7. The monoisotopic (exact) mass is 410 g/mol. The van der Waals surface area contributed by atoms with Crippen molar-refractivity contribution in [1.82, 2.24) is 20.1 Å². The molecular formula is C21H19FN4O4. The third-order valence-electron chi connectivity index (χ3n) is 4.46. The van der Waals surface area contributed by atoms with Crippen LogP contribution in [0.4, 0.5) is 4.39 Å². The summed E-state index contributed by atoms with van der Waals surface area (Å²) in [5.41, 5.74) is 2.82. The van der Waals surface area contributed by atoms with Gasteiger partial charge in [0, 0.05) is 35.3 Å². The summed E-state index contributed by atoms with van der Waals surface area (Å²) in [5.74, 6) is -1.04. The van der Waals surface area contributed by atoms with Crippen molar-refractivity contribution in [1.29, 1.82) is 0 Å². The quantitative estimate of drug-likeness (QED) is 0.469. The second-order valence-corrected chi connectivity index (χ2v) is 7.07. The molecule has 30 heavy (non-hydrogen) atoms. The first-order chi connectivity index (χ1) is 14.4. The number of aromatic amines is 1. The highest BCUT2D eigenvalue weighted by Crippen LogP contribution is 2.28. The Balaban J connectivity index is 1.58. The van der Waals surface area contributed by atoms with Crippen molar-refractivity contribution in [3.8, 4) is 28.7 Å². The predicted octanol–water partition coefficient (Wildman–Crippen LogP) is 4.22. The standard InChI is InChI=1S/C21H19FN4O4/c1-11(2)29-21-16(22)7-14(10-24-21)20-25-19(26-30-20)12-3-5-15-13(4-6-18(27)28)9-23-17(15)8-12/h3,5,7-11,23H,4,6H2,1-2H3,(H,27,28). The fourth-order valence-electron chi connectivity index (χ4n) is 3.08. The maximum atomic E-state index is 14.2. The summed E-state index contributed by atoms with van der Waals surface area (Å²) >= 11 is 0. The van der Waals surface area contributed by atoms with Gasteiger partial charge in [-0.2, -0.15) is 4.98 Å². The molecular weight excluding hydrogens is 391 g/mol. The van der Waals surface area contributed by atoms with E-state index in [9.17, 15) is 9.18 Å². The number of aromatic nitrogens is 4. The molecule has 0 aliphatic heterocycles. The number of nitrogens with one attached hydrogen (secondary N) is 1. The first-order valence-corrected chi connectivity index (χ1v) is 9.39. The van der Waals surface area contributed by atoms with Gasteiger partial charge in [-0.1, -0.05) is 17.3 Å². The van der Waals surface area contributed by atoms with E-state index in [-0.39, 0.29) is 24.3 Å². The number of hydrogen-bond acceptors (Lipinski definition) is 6. The van der Waals surface area contributed by atoms with Crippen molar-refractivity contribution in [2.75, 3.05) is 0 Å². The van der Waals surface area contributed by atoms with Crippen LogP contribution in [0.5, 0.6) is 5.88 Å². The van der Waals surface area contributed by atoms with Gasteiger partial charge >= 0.3 is 5.97 Å². The lowest BCUT2D eigenvalue weighted by molar-refractivity contribution is -0.136. The lowest BCUT2D eigenvalue weighted by atomic mass is 10.1. The van der Waals surface area contributed by atoms with Gasteiger partial charge in [0.2, 0.25) is 5.82 Å². The number of fused-ring (bicyclic) bond motifs is 1. The Bertz CT molecular complexity index is 1210. The first kappa shape index (κ1) is 19.6. The Labute approximate surface area is 170 Å². The average molecular weight is 410 g/mol. The van der Waals surface area contributed by atoms with Crippen molar-refractivity contribution in [2.45, 2.75) is 32.8 Å². The Kier molecular flexibility index (Phi) is 5.18. The van der Waals surface area contributed by atoms with Crippen LogP contribution < -0.4 is 4.74 Å². The number of carboxylic acid groups (broad SMARTS) is 1. The molecule has 0 fully saturated rings. The molecule has 0 radical (unpaired) electrons. The molecule has 0 bridgehead atoms. The van der Waals surface area contributed by atoms with Gasteiger partial charge < -0.3 is 19.4 Å². The van der Waals surface area contributed by atoms with Crippen LogP contribution in [0.15, 0.2) is 41.2 Å². The number of pyridine rings is 1. The SMILES string of the molecule is CC(C)Oc1ncc(-c2nc(-c3ccc4c(CCC(=O)O)c[nH]c4c3)no2)cc1F. The zero-order valence-electron chi connectivity index (χ0n) is 16.3. The number of hydrogen-bond donors (Lipinski definition) is 2. The lowest BCUT2D eigenvalue weighted by Crippen LogP contribution is -2.08. The normalized spacial score (nSPS) is 11.3.